The molecule has 2 heterocycles. The molecule has 0 bridgehead atoms. The van der Waals surface area contributed by atoms with Gasteiger partial charge in [0.1, 0.15) is 11.9 Å². The molecule has 0 aliphatic rings. The smallest absolute Gasteiger partial charge is 0.131 e. The first-order chi connectivity index (χ1) is 8.77. The summed E-state index contributed by atoms with van der Waals surface area (Å²) < 4.78 is 6.13. The van der Waals surface area contributed by atoms with Crippen molar-refractivity contribution in [3.8, 4) is 0 Å². The van der Waals surface area contributed by atoms with Crippen LogP contribution in [0.15, 0.2) is 12.4 Å². The second-order valence-corrected chi connectivity index (χ2v) is 5.08. The van der Waals surface area contributed by atoms with E-state index in [4.69, 9.17) is 5.73 Å². The minimum Gasteiger partial charge on any atom is -0.333 e. The summed E-state index contributed by atoms with van der Waals surface area (Å²) in [6.45, 7) is 5.22. The highest BCUT2D eigenvalue weighted by Gasteiger charge is 2.20. The average Bonchev–Trinajstić information content (AvgIpc) is 2.98. The van der Waals surface area contributed by atoms with Crippen LogP contribution in [-0.4, -0.2) is 19.1 Å². The van der Waals surface area contributed by atoms with Gasteiger partial charge in [-0.25, -0.2) is 4.98 Å². The summed E-state index contributed by atoms with van der Waals surface area (Å²) in [6, 6.07) is -0.215. The summed E-state index contributed by atoms with van der Waals surface area (Å²) in [5.41, 5.74) is 7.33. The van der Waals surface area contributed by atoms with Gasteiger partial charge >= 0.3 is 0 Å². The van der Waals surface area contributed by atoms with Gasteiger partial charge in [-0.2, -0.15) is 0 Å². The number of aromatic nitrogens is 4. The molecule has 1 atom stereocenters. The fourth-order valence-corrected chi connectivity index (χ4v) is 2.70. The molecule has 98 valence electrons. The Kier molecular flexibility index (Phi) is 4.43. The number of hydrogen-bond donors (Lipinski definition) is 1. The first-order valence-corrected chi connectivity index (χ1v) is 7.13. The van der Waals surface area contributed by atoms with Gasteiger partial charge in [0.25, 0.3) is 0 Å². The molecular formula is C12H19N5S. The summed E-state index contributed by atoms with van der Waals surface area (Å²) in [4.78, 5) is 5.42. The highest BCUT2D eigenvalue weighted by molar-refractivity contribution is 7.05. The van der Waals surface area contributed by atoms with Gasteiger partial charge < -0.3 is 10.3 Å². The third-order valence-electron chi connectivity index (χ3n) is 2.84. The molecule has 2 aromatic heterocycles. The first-order valence-electron chi connectivity index (χ1n) is 6.35. The Labute approximate surface area is 111 Å². The molecule has 2 aromatic rings. The highest BCUT2D eigenvalue weighted by atomic mass is 32.1. The second kappa shape index (κ2) is 6.06. The van der Waals surface area contributed by atoms with Crippen molar-refractivity contribution in [3.05, 3.63) is 28.8 Å². The van der Waals surface area contributed by atoms with Gasteiger partial charge in [0.2, 0.25) is 0 Å². The summed E-state index contributed by atoms with van der Waals surface area (Å²) in [7, 11) is 0. The number of aryl methyl sites for hydroxylation is 2. The monoisotopic (exact) mass is 265 g/mol. The van der Waals surface area contributed by atoms with Crippen LogP contribution in [0.3, 0.4) is 0 Å². The molecule has 0 aromatic carbocycles. The van der Waals surface area contributed by atoms with Crippen molar-refractivity contribution >= 4 is 11.5 Å². The average molecular weight is 265 g/mol. The van der Waals surface area contributed by atoms with E-state index in [0.717, 1.165) is 42.2 Å². The molecule has 5 nitrogen and oxygen atoms in total. The SMILES string of the molecule is CCCc1nnsc1C(N)c1nccn1CCC. The largest absolute Gasteiger partial charge is 0.333 e. The topological polar surface area (TPSA) is 69.6 Å². The number of nitrogens with two attached hydrogens (primary N) is 1. The third-order valence-corrected chi connectivity index (χ3v) is 3.69. The first kappa shape index (κ1) is 13.2. The standard InChI is InChI=1S/C12H19N5S/c1-3-5-9-11(18-16-15-9)10(13)12-14-6-8-17(12)7-4-2/h6,8,10H,3-5,7,13H2,1-2H3. The summed E-state index contributed by atoms with van der Waals surface area (Å²) in [5.74, 6) is 0.903. The minimum atomic E-state index is -0.215. The number of rotatable bonds is 6. The molecule has 6 heteroatoms. The lowest BCUT2D eigenvalue weighted by Crippen LogP contribution is -2.18. The van der Waals surface area contributed by atoms with Crippen molar-refractivity contribution in [1.29, 1.82) is 0 Å². The maximum atomic E-state index is 6.31. The van der Waals surface area contributed by atoms with Crippen molar-refractivity contribution in [2.45, 2.75) is 45.7 Å². The maximum Gasteiger partial charge on any atom is 0.131 e. The molecule has 2 N–H and O–H groups in total. The summed E-state index contributed by atoms with van der Waals surface area (Å²) in [6.07, 6.45) is 6.83. The molecule has 0 spiro atoms. The zero-order valence-electron chi connectivity index (χ0n) is 10.8. The van der Waals surface area contributed by atoms with Crippen molar-refractivity contribution in [1.82, 2.24) is 19.1 Å². The fraction of sp³-hybridized carbons (Fsp3) is 0.583. The highest BCUT2D eigenvalue weighted by Crippen LogP contribution is 2.24. The third kappa shape index (κ3) is 2.59. The Morgan fingerprint density at radius 1 is 1.39 bits per heavy atom. The van der Waals surface area contributed by atoms with Crippen LogP contribution < -0.4 is 5.73 Å². The van der Waals surface area contributed by atoms with Crippen LogP contribution in [-0.2, 0) is 13.0 Å². The number of nitrogens with zero attached hydrogens (tertiary/aromatic N) is 4. The molecule has 0 saturated carbocycles. The Morgan fingerprint density at radius 2 is 2.22 bits per heavy atom. The Morgan fingerprint density at radius 3 is 2.94 bits per heavy atom. The van der Waals surface area contributed by atoms with E-state index >= 15 is 0 Å². The van der Waals surface area contributed by atoms with Crippen LogP contribution in [0.4, 0.5) is 0 Å². The number of imidazole rings is 1. The maximum absolute atomic E-state index is 6.31. The van der Waals surface area contributed by atoms with E-state index in [1.54, 1.807) is 6.20 Å². The van der Waals surface area contributed by atoms with Crippen LogP contribution in [0.5, 0.6) is 0 Å². The van der Waals surface area contributed by atoms with E-state index in [2.05, 4.69) is 33.0 Å². The van der Waals surface area contributed by atoms with Crippen LogP contribution in [0.1, 0.15) is 49.1 Å². The molecule has 18 heavy (non-hydrogen) atoms. The quantitative estimate of drug-likeness (QED) is 0.868. The molecule has 0 radical (unpaired) electrons. The van der Waals surface area contributed by atoms with Gasteiger partial charge in [-0.1, -0.05) is 24.8 Å². The molecular weight excluding hydrogens is 246 g/mol. The zero-order chi connectivity index (χ0) is 13.0. The van der Waals surface area contributed by atoms with Crippen molar-refractivity contribution in [2.24, 2.45) is 5.73 Å². The normalized spacial score (nSPS) is 12.8. The van der Waals surface area contributed by atoms with Gasteiger partial charge in [0, 0.05) is 18.9 Å². The molecule has 0 amide bonds. The molecule has 1 unspecified atom stereocenters. The number of hydrogen-bond acceptors (Lipinski definition) is 5. The molecule has 0 fully saturated rings. The minimum absolute atomic E-state index is 0.215. The van der Waals surface area contributed by atoms with E-state index in [1.807, 2.05) is 6.20 Å². The zero-order valence-corrected chi connectivity index (χ0v) is 11.7. The van der Waals surface area contributed by atoms with E-state index < -0.39 is 0 Å². The summed E-state index contributed by atoms with van der Waals surface area (Å²) >= 11 is 1.38. The van der Waals surface area contributed by atoms with Crippen molar-refractivity contribution in [3.63, 3.8) is 0 Å². The summed E-state index contributed by atoms with van der Waals surface area (Å²) in [5, 5.41) is 4.16. The Bertz CT molecular complexity index is 446. The van der Waals surface area contributed by atoms with E-state index in [0.29, 0.717) is 0 Å². The van der Waals surface area contributed by atoms with Gasteiger partial charge in [0.05, 0.1) is 10.6 Å². The van der Waals surface area contributed by atoms with Crippen LogP contribution >= 0.6 is 11.5 Å². The van der Waals surface area contributed by atoms with Crippen molar-refractivity contribution in [2.75, 3.05) is 0 Å². The van der Waals surface area contributed by atoms with Gasteiger partial charge in [-0.3, -0.25) is 0 Å². The van der Waals surface area contributed by atoms with Crippen LogP contribution in [0.2, 0.25) is 0 Å². The molecule has 0 aliphatic carbocycles. The predicted molar refractivity (Wildman–Crippen MR) is 72.5 cm³/mol. The van der Waals surface area contributed by atoms with E-state index in [1.165, 1.54) is 11.5 Å². The molecule has 0 aliphatic heterocycles. The lowest BCUT2D eigenvalue weighted by atomic mass is 10.1. The Hall–Kier alpha value is -1.27. The van der Waals surface area contributed by atoms with Crippen molar-refractivity contribution < 1.29 is 0 Å². The Balaban J connectivity index is 2.26. The predicted octanol–water partition coefficient (Wildman–Crippen LogP) is 2.15. The lowest BCUT2D eigenvalue weighted by molar-refractivity contribution is 0.613. The molecule has 0 saturated heterocycles. The fourth-order valence-electron chi connectivity index (χ4n) is 2.01. The van der Waals surface area contributed by atoms with Crippen LogP contribution in [0.25, 0.3) is 0 Å². The second-order valence-electron chi connectivity index (χ2n) is 4.29. The van der Waals surface area contributed by atoms with Crippen LogP contribution in [0, 0.1) is 0 Å². The lowest BCUT2D eigenvalue weighted by Gasteiger charge is -2.12. The van der Waals surface area contributed by atoms with E-state index in [-0.39, 0.29) is 6.04 Å². The van der Waals surface area contributed by atoms with Gasteiger partial charge in [0.15, 0.2) is 0 Å². The molecule has 2 rings (SSSR count). The van der Waals surface area contributed by atoms with Gasteiger partial charge in [-0.15, -0.1) is 5.10 Å². The van der Waals surface area contributed by atoms with E-state index in [9.17, 15) is 0 Å². The van der Waals surface area contributed by atoms with Gasteiger partial charge in [-0.05, 0) is 24.4 Å².